The lowest BCUT2D eigenvalue weighted by molar-refractivity contribution is 1.15. The Morgan fingerprint density at radius 1 is 0.840 bits per heavy atom. The smallest absolute Gasteiger partial charge is 0.193 e. The molecular weight excluding hydrogens is 306 g/mol. The van der Waals surface area contributed by atoms with Gasteiger partial charge in [-0.1, -0.05) is 72.3 Å². The fraction of sp³-hybridized carbons (Fsp3) is 0.0870. The zero-order chi connectivity index (χ0) is 17.2. The maximum atomic E-state index is 13.3. The number of benzene rings is 3. The molecule has 2 nitrogen and oxygen atoms in total. The summed E-state index contributed by atoms with van der Waals surface area (Å²) in [4.78, 5) is 16.8. The molecule has 0 aliphatic rings. The van der Waals surface area contributed by atoms with Gasteiger partial charge < -0.3 is 4.98 Å². The largest absolute Gasteiger partial charge is 0.354 e. The Kier molecular flexibility index (Phi) is 3.95. The number of H-pyrrole nitrogens is 1. The summed E-state index contributed by atoms with van der Waals surface area (Å²) in [7, 11) is 0. The number of pyridine rings is 1. The Morgan fingerprint density at radius 3 is 2.24 bits per heavy atom. The molecule has 2 heteroatoms. The van der Waals surface area contributed by atoms with E-state index in [0.29, 0.717) is 6.42 Å². The van der Waals surface area contributed by atoms with Gasteiger partial charge in [0.25, 0.3) is 0 Å². The summed E-state index contributed by atoms with van der Waals surface area (Å²) in [5, 5.41) is 0.755. The van der Waals surface area contributed by atoms with Crippen LogP contribution in [0.1, 0.15) is 16.7 Å². The van der Waals surface area contributed by atoms with E-state index in [2.05, 4.69) is 17.1 Å². The van der Waals surface area contributed by atoms with Gasteiger partial charge in [-0.15, -0.1) is 0 Å². The lowest BCUT2D eigenvalue weighted by Crippen LogP contribution is -2.14. The molecule has 0 aliphatic heterocycles. The molecule has 0 atom stereocenters. The molecule has 122 valence electrons. The molecule has 0 spiro atoms. The van der Waals surface area contributed by atoms with Crippen molar-refractivity contribution in [3.8, 4) is 11.3 Å². The van der Waals surface area contributed by atoms with Crippen LogP contribution in [-0.4, -0.2) is 4.98 Å². The summed E-state index contributed by atoms with van der Waals surface area (Å²) in [6, 6.07) is 26.2. The van der Waals surface area contributed by atoms with Crippen LogP contribution in [0, 0.1) is 6.92 Å². The van der Waals surface area contributed by atoms with Crippen LogP contribution in [0.2, 0.25) is 0 Å². The van der Waals surface area contributed by atoms with Gasteiger partial charge in [-0.05, 0) is 30.2 Å². The van der Waals surface area contributed by atoms with Crippen molar-refractivity contribution in [2.24, 2.45) is 0 Å². The molecule has 1 heterocycles. The minimum absolute atomic E-state index is 0.111. The Bertz CT molecular complexity index is 1080. The van der Waals surface area contributed by atoms with Gasteiger partial charge >= 0.3 is 0 Å². The zero-order valence-electron chi connectivity index (χ0n) is 14.1. The summed E-state index contributed by atoms with van der Waals surface area (Å²) < 4.78 is 0. The first kappa shape index (κ1) is 15.4. The summed E-state index contributed by atoms with van der Waals surface area (Å²) in [5.41, 5.74) is 5.98. The summed E-state index contributed by atoms with van der Waals surface area (Å²) >= 11 is 0. The number of hydrogen-bond donors (Lipinski definition) is 1. The molecule has 0 radical (unpaired) electrons. The van der Waals surface area contributed by atoms with Gasteiger partial charge in [0.15, 0.2) is 5.43 Å². The fourth-order valence-corrected chi connectivity index (χ4v) is 3.26. The van der Waals surface area contributed by atoms with Crippen molar-refractivity contribution in [1.29, 1.82) is 0 Å². The second-order valence-electron chi connectivity index (χ2n) is 6.39. The van der Waals surface area contributed by atoms with Crippen molar-refractivity contribution in [3.05, 3.63) is 106 Å². The number of aromatic amines is 1. The van der Waals surface area contributed by atoms with Crippen LogP contribution in [0.4, 0.5) is 0 Å². The van der Waals surface area contributed by atoms with Crippen molar-refractivity contribution in [2.45, 2.75) is 13.3 Å². The maximum Gasteiger partial charge on any atom is 0.193 e. The molecule has 0 bridgehead atoms. The summed E-state index contributed by atoms with van der Waals surface area (Å²) in [5.74, 6) is 0. The van der Waals surface area contributed by atoms with Crippen LogP contribution in [0.25, 0.3) is 22.2 Å². The van der Waals surface area contributed by atoms with Crippen molar-refractivity contribution >= 4 is 10.9 Å². The first-order valence-electron chi connectivity index (χ1n) is 8.47. The van der Waals surface area contributed by atoms with E-state index in [1.54, 1.807) is 0 Å². The minimum Gasteiger partial charge on any atom is -0.354 e. The highest BCUT2D eigenvalue weighted by Crippen LogP contribution is 2.24. The monoisotopic (exact) mass is 325 g/mol. The average Bonchev–Trinajstić information content (AvgIpc) is 2.66. The third kappa shape index (κ3) is 2.99. The van der Waals surface area contributed by atoms with Crippen LogP contribution in [-0.2, 0) is 6.42 Å². The number of aromatic nitrogens is 1. The van der Waals surface area contributed by atoms with E-state index < -0.39 is 0 Å². The van der Waals surface area contributed by atoms with Gasteiger partial charge in [-0.3, -0.25) is 4.79 Å². The predicted octanol–water partition coefficient (Wildman–Crippen LogP) is 5.09. The van der Waals surface area contributed by atoms with Gasteiger partial charge in [0, 0.05) is 22.9 Å². The van der Waals surface area contributed by atoms with Gasteiger partial charge in [-0.2, -0.15) is 0 Å². The average molecular weight is 325 g/mol. The van der Waals surface area contributed by atoms with E-state index >= 15 is 0 Å². The van der Waals surface area contributed by atoms with E-state index in [1.165, 1.54) is 0 Å². The van der Waals surface area contributed by atoms with Crippen molar-refractivity contribution in [1.82, 2.24) is 4.98 Å². The minimum atomic E-state index is 0.111. The van der Waals surface area contributed by atoms with Crippen LogP contribution < -0.4 is 5.43 Å². The molecule has 4 aromatic rings. The highest BCUT2D eigenvalue weighted by atomic mass is 16.1. The van der Waals surface area contributed by atoms with E-state index in [9.17, 15) is 4.79 Å². The van der Waals surface area contributed by atoms with E-state index in [0.717, 1.165) is 38.9 Å². The molecule has 1 N–H and O–H groups in total. The molecule has 3 aromatic carbocycles. The lowest BCUT2D eigenvalue weighted by Gasteiger charge is -2.12. The molecule has 0 amide bonds. The quantitative estimate of drug-likeness (QED) is 0.559. The van der Waals surface area contributed by atoms with Crippen LogP contribution in [0.5, 0.6) is 0 Å². The third-order valence-electron chi connectivity index (χ3n) is 4.54. The molecule has 0 saturated carbocycles. The standard InChI is InChI=1S/C23H19NO/c1-16-12-13-21-19(14-16)23(25)20(15-17-8-4-2-5-9-17)22(24-21)18-10-6-3-7-11-18/h2-14H,15H2,1H3,(H,24,25). The third-order valence-corrected chi connectivity index (χ3v) is 4.54. The molecule has 25 heavy (non-hydrogen) atoms. The van der Waals surface area contributed by atoms with Gasteiger partial charge in [0.1, 0.15) is 0 Å². The molecule has 0 unspecified atom stereocenters. The number of aryl methyl sites for hydroxylation is 1. The normalized spacial score (nSPS) is 10.9. The zero-order valence-corrected chi connectivity index (χ0v) is 14.1. The van der Waals surface area contributed by atoms with Gasteiger partial charge in [0.05, 0.1) is 5.69 Å². The predicted molar refractivity (Wildman–Crippen MR) is 104 cm³/mol. The first-order valence-corrected chi connectivity index (χ1v) is 8.47. The Labute approximate surface area is 146 Å². The summed E-state index contributed by atoms with van der Waals surface area (Å²) in [6.45, 7) is 2.01. The Morgan fingerprint density at radius 2 is 1.52 bits per heavy atom. The molecule has 0 fully saturated rings. The lowest BCUT2D eigenvalue weighted by atomic mass is 9.96. The summed E-state index contributed by atoms with van der Waals surface area (Å²) in [6.07, 6.45) is 0.615. The maximum absolute atomic E-state index is 13.3. The van der Waals surface area contributed by atoms with Crippen molar-refractivity contribution < 1.29 is 0 Å². The number of fused-ring (bicyclic) bond motifs is 1. The van der Waals surface area contributed by atoms with Gasteiger partial charge in [0.2, 0.25) is 0 Å². The van der Waals surface area contributed by atoms with E-state index in [1.807, 2.05) is 73.7 Å². The molecule has 4 rings (SSSR count). The molecule has 0 saturated heterocycles. The van der Waals surface area contributed by atoms with Crippen LogP contribution in [0.3, 0.4) is 0 Å². The Balaban J connectivity index is 2.00. The number of nitrogens with one attached hydrogen (secondary N) is 1. The van der Waals surface area contributed by atoms with E-state index in [4.69, 9.17) is 0 Å². The number of rotatable bonds is 3. The van der Waals surface area contributed by atoms with Crippen LogP contribution in [0.15, 0.2) is 83.7 Å². The molecule has 1 aromatic heterocycles. The number of hydrogen-bond acceptors (Lipinski definition) is 1. The fourth-order valence-electron chi connectivity index (χ4n) is 3.26. The first-order chi connectivity index (χ1) is 12.2. The highest BCUT2D eigenvalue weighted by Gasteiger charge is 2.14. The Hall–Kier alpha value is -3.13. The molecule has 0 aliphatic carbocycles. The van der Waals surface area contributed by atoms with Gasteiger partial charge in [-0.25, -0.2) is 0 Å². The topological polar surface area (TPSA) is 32.9 Å². The van der Waals surface area contributed by atoms with Crippen molar-refractivity contribution in [3.63, 3.8) is 0 Å². The SMILES string of the molecule is Cc1ccc2[nH]c(-c3ccccc3)c(Cc3ccccc3)c(=O)c2c1. The second kappa shape index (κ2) is 6.40. The highest BCUT2D eigenvalue weighted by molar-refractivity contribution is 5.84. The molecular formula is C23H19NO. The van der Waals surface area contributed by atoms with Crippen molar-refractivity contribution in [2.75, 3.05) is 0 Å². The van der Waals surface area contributed by atoms with E-state index in [-0.39, 0.29) is 5.43 Å². The second-order valence-corrected chi connectivity index (χ2v) is 6.39. The van der Waals surface area contributed by atoms with Crippen LogP contribution >= 0.6 is 0 Å².